The average molecular weight is 156 g/mol. The van der Waals surface area contributed by atoms with E-state index in [0.717, 1.165) is 6.07 Å². The molecule has 0 spiro atoms. The predicted molar refractivity (Wildman–Crippen MR) is 37.3 cm³/mol. The topological polar surface area (TPSA) is 70.7 Å². The SMILES string of the molecule is Cc1oc(=O)cc(O)c1CO. The first-order valence-corrected chi connectivity index (χ1v) is 3.08. The zero-order valence-corrected chi connectivity index (χ0v) is 6.00. The molecule has 11 heavy (non-hydrogen) atoms. The maximum Gasteiger partial charge on any atom is 0.339 e. The molecule has 0 bridgehead atoms. The van der Waals surface area contributed by atoms with Gasteiger partial charge in [0.15, 0.2) is 0 Å². The molecule has 1 heterocycles. The van der Waals surface area contributed by atoms with Gasteiger partial charge in [0.2, 0.25) is 0 Å². The number of aliphatic hydroxyl groups excluding tert-OH is 1. The second-order valence-electron chi connectivity index (χ2n) is 2.14. The molecule has 0 amide bonds. The highest BCUT2D eigenvalue weighted by molar-refractivity contribution is 5.31. The molecule has 0 aliphatic rings. The van der Waals surface area contributed by atoms with Gasteiger partial charge in [0, 0.05) is 0 Å². The van der Waals surface area contributed by atoms with Crippen LogP contribution in [0.3, 0.4) is 0 Å². The van der Waals surface area contributed by atoms with Crippen molar-refractivity contribution in [2.24, 2.45) is 0 Å². The van der Waals surface area contributed by atoms with Crippen LogP contribution in [0.4, 0.5) is 0 Å². The van der Waals surface area contributed by atoms with Crippen molar-refractivity contribution >= 4 is 0 Å². The normalized spacial score (nSPS) is 10.0. The lowest BCUT2D eigenvalue weighted by Crippen LogP contribution is -2.01. The van der Waals surface area contributed by atoms with Crippen molar-refractivity contribution < 1.29 is 14.6 Å². The van der Waals surface area contributed by atoms with Crippen molar-refractivity contribution in [3.63, 3.8) is 0 Å². The molecule has 0 saturated carbocycles. The number of hydrogen-bond acceptors (Lipinski definition) is 4. The lowest BCUT2D eigenvalue weighted by Gasteiger charge is -2.01. The molecule has 0 unspecified atom stereocenters. The van der Waals surface area contributed by atoms with E-state index in [1.807, 2.05) is 0 Å². The Morgan fingerprint density at radius 2 is 2.27 bits per heavy atom. The number of aliphatic hydroxyl groups is 1. The first-order valence-electron chi connectivity index (χ1n) is 3.08. The van der Waals surface area contributed by atoms with Crippen molar-refractivity contribution in [1.82, 2.24) is 0 Å². The summed E-state index contributed by atoms with van der Waals surface area (Å²) in [6, 6.07) is 0.929. The van der Waals surface area contributed by atoms with Crippen LogP contribution in [0.25, 0.3) is 0 Å². The molecule has 2 N–H and O–H groups in total. The van der Waals surface area contributed by atoms with Crippen LogP contribution in [-0.2, 0) is 6.61 Å². The van der Waals surface area contributed by atoms with Crippen molar-refractivity contribution in [2.75, 3.05) is 0 Å². The quantitative estimate of drug-likeness (QED) is 0.607. The maximum absolute atomic E-state index is 10.6. The van der Waals surface area contributed by atoms with Crippen LogP contribution in [0.2, 0.25) is 0 Å². The summed E-state index contributed by atoms with van der Waals surface area (Å²) < 4.78 is 4.60. The molecule has 0 aromatic carbocycles. The van der Waals surface area contributed by atoms with Gasteiger partial charge < -0.3 is 14.6 Å². The number of hydrogen-bond donors (Lipinski definition) is 2. The van der Waals surface area contributed by atoms with E-state index in [0.29, 0.717) is 0 Å². The van der Waals surface area contributed by atoms with Crippen LogP contribution >= 0.6 is 0 Å². The molecule has 60 valence electrons. The fourth-order valence-electron chi connectivity index (χ4n) is 0.813. The third-order valence-electron chi connectivity index (χ3n) is 1.40. The monoisotopic (exact) mass is 156 g/mol. The summed E-state index contributed by atoms with van der Waals surface area (Å²) in [5, 5.41) is 17.7. The van der Waals surface area contributed by atoms with E-state index >= 15 is 0 Å². The Hall–Kier alpha value is -1.29. The Morgan fingerprint density at radius 1 is 1.64 bits per heavy atom. The Morgan fingerprint density at radius 3 is 2.73 bits per heavy atom. The minimum atomic E-state index is -0.614. The maximum atomic E-state index is 10.6. The van der Waals surface area contributed by atoms with E-state index in [-0.39, 0.29) is 23.7 Å². The van der Waals surface area contributed by atoms with Crippen LogP contribution < -0.4 is 5.63 Å². The van der Waals surface area contributed by atoms with E-state index in [1.165, 1.54) is 6.92 Å². The molecule has 1 aromatic rings. The van der Waals surface area contributed by atoms with E-state index in [9.17, 15) is 4.79 Å². The summed E-state index contributed by atoms with van der Waals surface area (Å²) in [7, 11) is 0. The molecule has 4 nitrogen and oxygen atoms in total. The first-order chi connectivity index (χ1) is 5.15. The highest BCUT2D eigenvalue weighted by Gasteiger charge is 2.06. The fraction of sp³-hybridized carbons (Fsp3) is 0.286. The van der Waals surface area contributed by atoms with Crippen LogP contribution in [0.1, 0.15) is 11.3 Å². The molecule has 0 aliphatic heterocycles. The molecule has 1 aromatic heterocycles. The molecular weight excluding hydrogens is 148 g/mol. The summed E-state index contributed by atoms with van der Waals surface area (Å²) in [6.45, 7) is 1.17. The van der Waals surface area contributed by atoms with E-state index in [1.54, 1.807) is 0 Å². The summed E-state index contributed by atoms with van der Waals surface area (Å²) in [5.74, 6) is 0.0266. The summed E-state index contributed by atoms with van der Waals surface area (Å²) in [6.07, 6.45) is 0. The van der Waals surface area contributed by atoms with E-state index < -0.39 is 5.63 Å². The van der Waals surface area contributed by atoms with Gasteiger partial charge in [0.05, 0.1) is 18.2 Å². The highest BCUT2D eigenvalue weighted by Crippen LogP contribution is 2.16. The van der Waals surface area contributed by atoms with Crippen LogP contribution in [0.5, 0.6) is 5.75 Å². The second kappa shape index (κ2) is 2.75. The van der Waals surface area contributed by atoms with Crippen molar-refractivity contribution in [2.45, 2.75) is 13.5 Å². The minimum Gasteiger partial charge on any atom is -0.507 e. The number of aryl methyl sites for hydroxylation is 1. The third kappa shape index (κ3) is 1.40. The average Bonchev–Trinajstić information content (AvgIpc) is 1.85. The van der Waals surface area contributed by atoms with E-state index in [4.69, 9.17) is 10.2 Å². The van der Waals surface area contributed by atoms with Gasteiger partial charge in [-0.3, -0.25) is 0 Å². The molecule has 0 aliphatic carbocycles. The fourth-order valence-corrected chi connectivity index (χ4v) is 0.813. The summed E-state index contributed by atoms with van der Waals surface area (Å²) >= 11 is 0. The van der Waals surface area contributed by atoms with E-state index in [2.05, 4.69) is 4.42 Å². The largest absolute Gasteiger partial charge is 0.507 e. The van der Waals surface area contributed by atoms with Crippen molar-refractivity contribution in [3.8, 4) is 5.75 Å². The van der Waals surface area contributed by atoms with Gasteiger partial charge in [-0.1, -0.05) is 0 Å². The van der Waals surface area contributed by atoms with Crippen LogP contribution in [0, 0.1) is 6.92 Å². The molecule has 1 rings (SSSR count). The predicted octanol–water partition coefficient (Wildman–Crippen LogP) is 0.146. The Balaban J connectivity index is 3.36. The van der Waals surface area contributed by atoms with Gasteiger partial charge in [-0.05, 0) is 6.92 Å². The second-order valence-corrected chi connectivity index (χ2v) is 2.14. The van der Waals surface area contributed by atoms with Gasteiger partial charge in [0.25, 0.3) is 0 Å². The molecule has 0 atom stereocenters. The van der Waals surface area contributed by atoms with Gasteiger partial charge in [-0.15, -0.1) is 0 Å². The summed E-state index contributed by atoms with van der Waals surface area (Å²) in [4.78, 5) is 10.6. The zero-order valence-electron chi connectivity index (χ0n) is 6.00. The lowest BCUT2D eigenvalue weighted by molar-refractivity contribution is 0.266. The molecule has 0 fully saturated rings. The lowest BCUT2D eigenvalue weighted by atomic mass is 10.2. The molecule has 0 saturated heterocycles. The number of rotatable bonds is 1. The molecular formula is C7H8O4. The minimum absolute atomic E-state index is 0.221. The first kappa shape index (κ1) is 7.81. The molecule has 4 heteroatoms. The Labute approximate surface area is 62.7 Å². The molecule has 0 radical (unpaired) electrons. The van der Waals surface area contributed by atoms with Crippen LogP contribution in [0.15, 0.2) is 15.3 Å². The van der Waals surface area contributed by atoms with Crippen molar-refractivity contribution in [3.05, 3.63) is 27.8 Å². The zero-order chi connectivity index (χ0) is 8.43. The van der Waals surface area contributed by atoms with Gasteiger partial charge >= 0.3 is 5.63 Å². The van der Waals surface area contributed by atoms with Crippen molar-refractivity contribution in [1.29, 1.82) is 0 Å². The highest BCUT2D eigenvalue weighted by atomic mass is 16.4. The Kier molecular flexibility index (Phi) is 1.96. The summed E-state index contributed by atoms with van der Waals surface area (Å²) in [5.41, 5.74) is -0.359. The van der Waals surface area contributed by atoms with Gasteiger partial charge in [-0.2, -0.15) is 0 Å². The Bertz CT molecular complexity index is 286. The van der Waals surface area contributed by atoms with Gasteiger partial charge in [-0.25, -0.2) is 4.79 Å². The third-order valence-corrected chi connectivity index (χ3v) is 1.40. The smallest absolute Gasteiger partial charge is 0.339 e. The van der Waals surface area contributed by atoms with Gasteiger partial charge in [0.1, 0.15) is 11.5 Å². The standard InChI is InChI=1S/C7H8O4/c1-4-5(3-8)6(9)2-7(10)11-4/h2,8-9H,3H2,1H3. The number of aromatic hydroxyl groups is 1. The van der Waals surface area contributed by atoms with Crippen LogP contribution in [-0.4, -0.2) is 10.2 Å².